The monoisotopic (exact) mass is 268 g/mol. The summed E-state index contributed by atoms with van der Waals surface area (Å²) in [6, 6.07) is 1.51. The second-order valence-electron chi connectivity index (χ2n) is 4.59. The molecule has 5 heteroatoms. The molecule has 98 valence electrons. The van der Waals surface area contributed by atoms with Crippen molar-refractivity contribution in [2.45, 2.75) is 32.6 Å². The molecule has 0 spiro atoms. The van der Waals surface area contributed by atoms with Crippen molar-refractivity contribution in [1.29, 1.82) is 0 Å². The number of carbonyl (C=O) groups excluding carboxylic acids is 1. The molecule has 1 aliphatic rings. The third-order valence-corrected chi connectivity index (χ3v) is 3.53. The maximum absolute atomic E-state index is 12.1. The first kappa shape index (κ1) is 13.1. The van der Waals surface area contributed by atoms with Crippen LogP contribution in [-0.2, 0) is 6.42 Å². The quantitative estimate of drug-likeness (QED) is 0.914. The highest BCUT2D eigenvalue weighted by Crippen LogP contribution is 2.17. The Balaban J connectivity index is 2.31. The summed E-state index contributed by atoms with van der Waals surface area (Å²) in [6.07, 6.45) is 3.62. The Morgan fingerprint density at radius 1 is 1.44 bits per heavy atom. The molecule has 0 bridgehead atoms. The zero-order valence-corrected chi connectivity index (χ0v) is 11.2. The van der Waals surface area contributed by atoms with Gasteiger partial charge in [0.1, 0.15) is 5.56 Å². The molecule has 0 saturated carbocycles. The molecular weight excluding hydrogens is 252 g/mol. The summed E-state index contributed by atoms with van der Waals surface area (Å²) in [5, 5.41) is 0.471. The molecule has 2 heterocycles. The highest BCUT2D eigenvalue weighted by Gasteiger charge is 2.22. The van der Waals surface area contributed by atoms with E-state index >= 15 is 0 Å². The van der Waals surface area contributed by atoms with Crippen molar-refractivity contribution in [1.82, 2.24) is 9.88 Å². The maximum atomic E-state index is 12.1. The summed E-state index contributed by atoms with van der Waals surface area (Å²) in [7, 11) is 0. The Hall–Kier alpha value is -1.29. The van der Waals surface area contributed by atoms with Gasteiger partial charge in [-0.05, 0) is 25.3 Å². The molecule has 18 heavy (non-hydrogen) atoms. The predicted molar refractivity (Wildman–Crippen MR) is 71.2 cm³/mol. The largest absolute Gasteiger partial charge is 0.338 e. The van der Waals surface area contributed by atoms with Gasteiger partial charge in [-0.25, -0.2) is 0 Å². The number of aryl methyl sites for hydroxylation is 1. The van der Waals surface area contributed by atoms with Crippen LogP contribution in [0.4, 0.5) is 0 Å². The molecule has 2 rings (SSSR count). The molecular formula is C13H17ClN2O2. The van der Waals surface area contributed by atoms with Gasteiger partial charge in [0.25, 0.3) is 11.5 Å². The molecule has 0 aliphatic carbocycles. The minimum atomic E-state index is -0.334. The van der Waals surface area contributed by atoms with E-state index in [1.165, 1.54) is 6.07 Å². The lowest BCUT2D eigenvalue weighted by molar-refractivity contribution is 0.0791. The third kappa shape index (κ3) is 2.58. The molecule has 1 amide bonds. The first-order valence-electron chi connectivity index (χ1n) is 6.34. The van der Waals surface area contributed by atoms with Crippen LogP contribution in [0.15, 0.2) is 10.9 Å². The Kier molecular flexibility index (Phi) is 4.07. The number of pyridine rings is 1. The molecule has 0 atom stereocenters. The van der Waals surface area contributed by atoms with Gasteiger partial charge in [0, 0.05) is 18.8 Å². The summed E-state index contributed by atoms with van der Waals surface area (Å²) in [5.74, 6) is -0.210. The van der Waals surface area contributed by atoms with Crippen molar-refractivity contribution in [2.75, 3.05) is 13.1 Å². The number of likely N-dealkylation sites (tertiary alicyclic amines) is 1. The summed E-state index contributed by atoms with van der Waals surface area (Å²) in [4.78, 5) is 28.5. The molecule has 1 saturated heterocycles. The van der Waals surface area contributed by atoms with E-state index in [-0.39, 0.29) is 17.0 Å². The van der Waals surface area contributed by atoms with Gasteiger partial charge in [0.05, 0.1) is 5.02 Å². The Morgan fingerprint density at radius 2 is 2.11 bits per heavy atom. The van der Waals surface area contributed by atoms with Crippen LogP contribution >= 0.6 is 11.6 Å². The summed E-state index contributed by atoms with van der Waals surface area (Å²) >= 11 is 6.09. The van der Waals surface area contributed by atoms with Crippen LogP contribution in [0.25, 0.3) is 0 Å². The van der Waals surface area contributed by atoms with E-state index < -0.39 is 0 Å². The summed E-state index contributed by atoms with van der Waals surface area (Å²) in [5.41, 5.74) is 0.531. The molecule has 1 aromatic heterocycles. The molecule has 0 radical (unpaired) electrons. The van der Waals surface area contributed by atoms with Gasteiger partial charge in [-0.1, -0.05) is 24.9 Å². The molecule has 0 unspecified atom stereocenters. The molecule has 1 fully saturated rings. The van der Waals surface area contributed by atoms with Crippen molar-refractivity contribution >= 4 is 17.5 Å². The smallest absolute Gasteiger partial charge is 0.261 e. The normalized spacial score (nSPS) is 15.1. The van der Waals surface area contributed by atoms with Crippen molar-refractivity contribution in [2.24, 2.45) is 0 Å². The minimum Gasteiger partial charge on any atom is -0.338 e. The standard InChI is InChI=1S/C13H17ClN2O2/c1-2-5-11-10(14)8-9(12(17)15-11)13(18)16-6-3-4-7-16/h8H,2-7H2,1H3,(H,15,17). The van der Waals surface area contributed by atoms with E-state index in [0.717, 1.165) is 32.4 Å². The fourth-order valence-electron chi connectivity index (χ4n) is 2.22. The summed E-state index contributed by atoms with van der Waals surface area (Å²) < 4.78 is 0. The van der Waals surface area contributed by atoms with Gasteiger partial charge in [0.2, 0.25) is 0 Å². The number of hydrogen-bond donors (Lipinski definition) is 1. The van der Waals surface area contributed by atoms with Crippen molar-refractivity contribution in [3.63, 3.8) is 0 Å². The van der Waals surface area contributed by atoms with Gasteiger partial charge in [-0.15, -0.1) is 0 Å². The van der Waals surface area contributed by atoms with E-state index in [0.29, 0.717) is 17.1 Å². The first-order chi connectivity index (χ1) is 8.63. The lowest BCUT2D eigenvalue weighted by Gasteiger charge is -2.15. The highest BCUT2D eigenvalue weighted by molar-refractivity contribution is 6.31. The summed E-state index contributed by atoms with van der Waals surface area (Å²) in [6.45, 7) is 3.47. The van der Waals surface area contributed by atoms with Gasteiger partial charge >= 0.3 is 0 Å². The number of nitrogens with one attached hydrogen (secondary N) is 1. The van der Waals surface area contributed by atoms with Crippen LogP contribution in [0.3, 0.4) is 0 Å². The number of rotatable bonds is 3. The van der Waals surface area contributed by atoms with Gasteiger partial charge < -0.3 is 9.88 Å². The van der Waals surface area contributed by atoms with E-state index in [9.17, 15) is 9.59 Å². The fourth-order valence-corrected chi connectivity index (χ4v) is 2.48. The third-order valence-electron chi connectivity index (χ3n) is 3.19. The van der Waals surface area contributed by atoms with Crippen molar-refractivity contribution in [3.8, 4) is 0 Å². The lowest BCUT2D eigenvalue weighted by Crippen LogP contribution is -2.32. The number of aromatic amines is 1. The maximum Gasteiger partial charge on any atom is 0.261 e. The van der Waals surface area contributed by atoms with E-state index in [2.05, 4.69) is 4.98 Å². The second-order valence-corrected chi connectivity index (χ2v) is 5.00. The van der Waals surface area contributed by atoms with Crippen LogP contribution in [0.5, 0.6) is 0 Å². The predicted octanol–water partition coefficient (Wildman–Crippen LogP) is 2.22. The Bertz CT molecular complexity index is 504. The number of halogens is 1. The first-order valence-corrected chi connectivity index (χ1v) is 6.72. The number of aromatic nitrogens is 1. The number of carbonyl (C=O) groups is 1. The van der Waals surface area contributed by atoms with E-state index in [4.69, 9.17) is 11.6 Å². The fraction of sp³-hybridized carbons (Fsp3) is 0.538. The van der Waals surface area contributed by atoms with E-state index in [1.807, 2.05) is 6.92 Å². The molecule has 1 N–H and O–H groups in total. The van der Waals surface area contributed by atoms with Crippen LogP contribution in [-0.4, -0.2) is 28.9 Å². The van der Waals surface area contributed by atoms with Crippen LogP contribution < -0.4 is 5.56 Å². The number of hydrogen-bond acceptors (Lipinski definition) is 2. The lowest BCUT2D eigenvalue weighted by atomic mass is 10.2. The Morgan fingerprint density at radius 3 is 2.72 bits per heavy atom. The average Bonchev–Trinajstić information content (AvgIpc) is 2.86. The number of H-pyrrole nitrogens is 1. The molecule has 4 nitrogen and oxygen atoms in total. The zero-order valence-electron chi connectivity index (χ0n) is 10.5. The van der Waals surface area contributed by atoms with Crippen molar-refractivity contribution < 1.29 is 4.79 Å². The van der Waals surface area contributed by atoms with Gasteiger partial charge in [0.15, 0.2) is 0 Å². The molecule has 1 aromatic rings. The van der Waals surface area contributed by atoms with Crippen LogP contribution in [0, 0.1) is 0 Å². The second kappa shape index (κ2) is 5.57. The van der Waals surface area contributed by atoms with Gasteiger partial charge in [-0.3, -0.25) is 9.59 Å². The SMILES string of the molecule is CCCc1[nH]c(=O)c(C(=O)N2CCCC2)cc1Cl. The minimum absolute atomic E-state index is 0.154. The zero-order chi connectivity index (χ0) is 13.1. The van der Waals surface area contributed by atoms with Crippen LogP contribution in [0.2, 0.25) is 5.02 Å². The van der Waals surface area contributed by atoms with Crippen LogP contribution in [0.1, 0.15) is 42.2 Å². The van der Waals surface area contributed by atoms with E-state index in [1.54, 1.807) is 4.90 Å². The number of amides is 1. The van der Waals surface area contributed by atoms with Crippen molar-refractivity contribution in [3.05, 3.63) is 32.7 Å². The number of nitrogens with zero attached hydrogens (tertiary/aromatic N) is 1. The Labute approximate surface area is 111 Å². The van der Waals surface area contributed by atoms with Gasteiger partial charge in [-0.2, -0.15) is 0 Å². The molecule has 0 aromatic carbocycles. The molecule has 1 aliphatic heterocycles. The average molecular weight is 269 g/mol. The highest BCUT2D eigenvalue weighted by atomic mass is 35.5. The topological polar surface area (TPSA) is 53.2 Å².